The molecule has 4 nitrogen and oxygen atoms in total. The first-order chi connectivity index (χ1) is 10.1. The van der Waals surface area contributed by atoms with E-state index < -0.39 is 0 Å². The van der Waals surface area contributed by atoms with Gasteiger partial charge in [-0.2, -0.15) is 0 Å². The monoisotopic (exact) mass is 284 g/mol. The number of benzene rings is 1. The summed E-state index contributed by atoms with van der Waals surface area (Å²) in [6, 6.07) is 8.46. The zero-order valence-corrected chi connectivity index (χ0v) is 12.7. The lowest BCUT2D eigenvalue weighted by atomic mass is 9.99. The summed E-state index contributed by atoms with van der Waals surface area (Å²) in [5, 5.41) is 3.90. The fourth-order valence-corrected chi connectivity index (χ4v) is 3.23. The Balaban J connectivity index is 1.95. The summed E-state index contributed by atoms with van der Waals surface area (Å²) >= 11 is 0. The van der Waals surface area contributed by atoms with Gasteiger partial charge < -0.3 is 9.42 Å². The van der Waals surface area contributed by atoms with Crippen LogP contribution in [0.25, 0.3) is 0 Å². The zero-order chi connectivity index (χ0) is 15.0. The van der Waals surface area contributed by atoms with Crippen LogP contribution in [0.1, 0.15) is 51.8 Å². The molecule has 1 unspecified atom stereocenters. The van der Waals surface area contributed by atoms with E-state index in [9.17, 15) is 4.79 Å². The van der Waals surface area contributed by atoms with Crippen LogP contribution < -0.4 is 0 Å². The van der Waals surface area contributed by atoms with Crippen LogP contribution in [0.15, 0.2) is 28.8 Å². The van der Waals surface area contributed by atoms with Crippen LogP contribution in [0, 0.1) is 20.8 Å². The van der Waals surface area contributed by atoms with E-state index in [2.05, 4.69) is 24.2 Å². The number of hydrogen-bond donors (Lipinski definition) is 0. The Morgan fingerprint density at radius 2 is 2.05 bits per heavy atom. The second-order valence-corrected chi connectivity index (χ2v) is 5.71. The molecule has 110 valence electrons. The quantitative estimate of drug-likeness (QED) is 0.846. The fourth-order valence-electron chi connectivity index (χ4n) is 3.23. The molecule has 2 aromatic rings. The van der Waals surface area contributed by atoms with Gasteiger partial charge in [0, 0.05) is 6.54 Å². The number of likely N-dealkylation sites (tertiary alicyclic amines) is 1. The average molecular weight is 284 g/mol. The van der Waals surface area contributed by atoms with Gasteiger partial charge in [0.15, 0.2) is 0 Å². The number of amides is 1. The van der Waals surface area contributed by atoms with Gasteiger partial charge in [-0.1, -0.05) is 29.4 Å². The van der Waals surface area contributed by atoms with Crippen molar-refractivity contribution in [3.05, 3.63) is 52.4 Å². The topological polar surface area (TPSA) is 46.3 Å². The Labute approximate surface area is 124 Å². The third-order valence-electron chi connectivity index (χ3n) is 4.31. The van der Waals surface area contributed by atoms with Crippen LogP contribution in [0.3, 0.4) is 0 Å². The SMILES string of the molecule is Cc1ccccc1C1CCCN1C(=O)c1c(C)noc1C. The first kappa shape index (κ1) is 13.9. The van der Waals surface area contributed by atoms with E-state index in [4.69, 9.17) is 4.52 Å². The lowest BCUT2D eigenvalue weighted by Crippen LogP contribution is -2.31. The molecule has 1 aliphatic rings. The number of aromatic nitrogens is 1. The Hall–Kier alpha value is -2.10. The van der Waals surface area contributed by atoms with Gasteiger partial charge in [0.05, 0.1) is 11.7 Å². The summed E-state index contributed by atoms with van der Waals surface area (Å²) in [5.74, 6) is 0.643. The maximum absolute atomic E-state index is 12.9. The van der Waals surface area contributed by atoms with Gasteiger partial charge >= 0.3 is 0 Å². The summed E-state index contributed by atoms with van der Waals surface area (Å²) < 4.78 is 5.14. The van der Waals surface area contributed by atoms with E-state index in [1.165, 1.54) is 11.1 Å². The van der Waals surface area contributed by atoms with E-state index in [-0.39, 0.29) is 11.9 Å². The van der Waals surface area contributed by atoms with E-state index in [0.29, 0.717) is 17.0 Å². The van der Waals surface area contributed by atoms with Crippen molar-refractivity contribution in [3.8, 4) is 0 Å². The largest absolute Gasteiger partial charge is 0.361 e. The molecule has 21 heavy (non-hydrogen) atoms. The Morgan fingerprint density at radius 1 is 1.29 bits per heavy atom. The maximum Gasteiger partial charge on any atom is 0.259 e. The molecule has 0 spiro atoms. The number of carbonyl (C=O) groups excluding carboxylic acids is 1. The van der Waals surface area contributed by atoms with Gasteiger partial charge in [-0.05, 0) is 44.7 Å². The second kappa shape index (κ2) is 5.35. The molecule has 1 atom stereocenters. The highest BCUT2D eigenvalue weighted by molar-refractivity contribution is 5.96. The molecule has 0 aliphatic carbocycles. The van der Waals surface area contributed by atoms with Crippen LogP contribution in [-0.4, -0.2) is 22.5 Å². The van der Waals surface area contributed by atoms with E-state index in [1.54, 1.807) is 6.92 Å². The summed E-state index contributed by atoms with van der Waals surface area (Å²) in [6.45, 7) is 6.52. The third-order valence-corrected chi connectivity index (χ3v) is 4.31. The molecule has 3 rings (SSSR count). The number of nitrogens with zero attached hydrogens (tertiary/aromatic N) is 2. The lowest BCUT2D eigenvalue weighted by molar-refractivity contribution is 0.0733. The number of carbonyl (C=O) groups is 1. The minimum atomic E-state index is 0.0389. The van der Waals surface area contributed by atoms with E-state index in [1.807, 2.05) is 24.0 Å². The number of aryl methyl sites for hydroxylation is 3. The highest BCUT2D eigenvalue weighted by atomic mass is 16.5. The highest BCUT2D eigenvalue weighted by Crippen LogP contribution is 2.35. The Bertz CT molecular complexity index is 656. The smallest absolute Gasteiger partial charge is 0.259 e. The van der Waals surface area contributed by atoms with Gasteiger partial charge in [-0.3, -0.25) is 4.79 Å². The van der Waals surface area contributed by atoms with Gasteiger partial charge in [0.2, 0.25) is 0 Å². The summed E-state index contributed by atoms with van der Waals surface area (Å²) in [4.78, 5) is 14.8. The van der Waals surface area contributed by atoms with Crippen LogP contribution in [-0.2, 0) is 0 Å². The van der Waals surface area contributed by atoms with Crippen LogP contribution in [0.4, 0.5) is 0 Å². The minimum absolute atomic E-state index is 0.0389. The van der Waals surface area contributed by atoms with E-state index >= 15 is 0 Å². The predicted molar refractivity (Wildman–Crippen MR) is 80.2 cm³/mol. The molecule has 0 saturated carbocycles. The standard InChI is InChI=1S/C17H20N2O2/c1-11-7-4-5-8-14(11)15-9-6-10-19(15)17(20)16-12(2)18-21-13(16)3/h4-5,7-8,15H,6,9-10H2,1-3H3. The molecule has 1 aromatic carbocycles. The van der Waals surface area contributed by atoms with Crippen molar-refractivity contribution in [1.29, 1.82) is 0 Å². The molecule has 4 heteroatoms. The third kappa shape index (κ3) is 2.35. The fraction of sp³-hybridized carbons (Fsp3) is 0.412. The number of rotatable bonds is 2. The molecule has 2 heterocycles. The summed E-state index contributed by atoms with van der Waals surface area (Å²) in [7, 11) is 0. The van der Waals surface area contributed by atoms with Crippen LogP contribution in [0.2, 0.25) is 0 Å². The second-order valence-electron chi connectivity index (χ2n) is 5.71. The summed E-state index contributed by atoms with van der Waals surface area (Å²) in [6.07, 6.45) is 2.05. The molecule has 1 fully saturated rings. The first-order valence-corrected chi connectivity index (χ1v) is 7.39. The molecule has 1 aromatic heterocycles. The summed E-state index contributed by atoms with van der Waals surface area (Å²) in [5.41, 5.74) is 3.78. The molecular formula is C17H20N2O2. The van der Waals surface area contributed by atoms with Crippen molar-refractivity contribution in [1.82, 2.24) is 10.1 Å². The van der Waals surface area contributed by atoms with Gasteiger partial charge in [-0.25, -0.2) is 0 Å². The van der Waals surface area contributed by atoms with Crippen molar-refractivity contribution < 1.29 is 9.32 Å². The van der Waals surface area contributed by atoms with Crippen molar-refractivity contribution in [2.45, 2.75) is 39.7 Å². The Morgan fingerprint density at radius 3 is 2.71 bits per heavy atom. The minimum Gasteiger partial charge on any atom is -0.361 e. The van der Waals surface area contributed by atoms with Crippen molar-refractivity contribution >= 4 is 5.91 Å². The normalized spacial score (nSPS) is 18.2. The van der Waals surface area contributed by atoms with Gasteiger partial charge in [-0.15, -0.1) is 0 Å². The lowest BCUT2D eigenvalue weighted by Gasteiger charge is -2.26. The predicted octanol–water partition coefficient (Wildman–Crippen LogP) is 3.58. The van der Waals surface area contributed by atoms with Crippen molar-refractivity contribution in [2.24, 2.45) is 0 Å². The molecule has 0 bridgehead atoms. The van der Waals surface area contributed by atoms with Gasteiger partial charge in [0.25, 0.3) is 5.91 Å². The molecule has 0 radical (unpaired) electrons. The van der Waals surface area contributed by atoms with Gasteiger partial charge in [0.1, 0.15) is 11.3 Å². The number of hydrogen-bond acceptors (Lipinski definition) is 3. The molecule has 1 aliphatic heterocycles. The maximum atomic E-state index is 12.9. The molecule has 1 saturated heterocycles. The highest BCUT2D eigenvalue weighted by Gasteiger charge is 2.33. The van der Waals surface area contributed by atoms with Crippen LogP contribution in [0.5, 0.6) is 0 Å². The zero-order valence-electron chi connectivity index (χ0n) is 12.7. The molecular weight excluding hydrogens is 264 g/mol. The molecule has 1 amide bonds. The van der Waals surface area contributed by atoms with Crippen molar-refractivity contribution in [3.63, 3.8) is 0 Å². The molecule has 0 N–H and O–H groups in total. The van der Waals surface area contributed by atoms with Crippen LogP contribution >= 0.6 is 0 Å². The first-order valence-electron chi connectivity index (χ1n) is 7.39. The average Bonchev–Trinajstić information content (AvgIpc) is 3.06. The Kier molecular flexibility index (Phi) is 3.53. The van der Waals surface area contributed by atoms with Crippen molar-refractivity contribution in [2.75, 3.05) is 6.54 Å². The van der Waals surface area contributed by atoms with E-state index in [0.717, 1.165) is 19.4 Å².